The maximum atomic E-state index is 13.0. The standard InChI is InChI=1S/C16H12FN3OS/c1-10-2-6-12(7-3-10)19-14(18)15(22)20(16(19)21)13-8-4-11(17)5-9-13/h2-9,18H,1H3. The summed E-state index contributed by atoms with van der Waals surface area (Å²) in [6.45, 7) is 1.94. The molecule has 1 aliphatic rings. The van der Waals surface area contributed by atoms with Crippen molar-refractivity contribution in [1.29, 1.82) is 5.41 Å². The van der Waals surface area contributed by atoms with Gasteiger partial charge in [-0.05, 0) is 43.3 Å². The van der Waals surface area contributed by atoms with Crippen LogP contribution in [0.4, 0.5) is 20.6 Å². The molecule has 6 heteroatoms. The van der Waals surface area contributed by atoms with Crippen molar-refractivity contribution in [2.45, 2.75) is 6.92 Å². The van der Waals surface area contributed by atoms with Crippen LogP contribution < -0.4 is 9.80 Å². The molecule has 1 aliphatic heterocycles. The number of hydrogen-bond acceptors (Lipinski definition) is 3. The number of rotatable bonds is 2. The minimum absolute atomic E-state index is 0.0619. The molecule has 0 saturated carbocycles. The maximum absolute atomic E-state index is 13.0. The third kappa shape index (κ3) is 2.27. The highest BCUT2D eigenvalue weighted by molar-refractivity contribution is 7.82. The van der Waals surface area contributed by atoms with E-state index in [1.165, 1.54) is 34.1 Å². The van der Waals surface area contributed by atoms with E-state index < -0.39 is 11.8 Å². The molecule has 0 radical (unpaired) electrons. The summed E-state index contributed by atoms with van der Waals surface area (Å²) in [5.41, 5.74) is 2.07. The maximum Gasteiger partial charge on any atom is 0.340 e. The van der Waals surface area contributed by atoms with E-state index in [0.29, 0.717) is 11.4 Å². The number of urea groups is 1. The molecule has 1 N–H and O–H groups in total. The Balaban J connectivity index is 2.00. The number of anilines is 2. The zero-order valence-corrected chi connectivity index (χ0v) is 12.5. The summed E-state index contributed by atoms with van der Waals surface area (Å²) < 4.78 is 13.0. The highest BCUT2D eigenvalue weighted by Crippen LogP contribution is 2.28. The lowest BCUT2D eigenvalue weighted by molar-refractivity contribution is 0.257. The summed E-state index contributed by atoms with van der Waals surface area (Å²) in [6, 6.07) is 12.2. The number of aryl methyl sites for hydroxylation is 1. The van der Waals surface area contributed by atoms with E-state index in [1.807, 2.05) is 19.1 Å². The summed E-state index contributed by atoms with van der Waals surface area (Å²) in [5.74, 6) is -0.458. The summed E-state index contributed by atoms with van der Waals surface area (Å²) >= 11 is 5.20. The van der Waals surface area contributed by atoms with Gasteiger partial charge in [0.2, 0.25) is 0 Å². The second kappa shape index (κ2) is 5.31. The van der Waals surface area contributed by atoms with Gasteiger partial charge in [-0.15, -0.1) is 0 Å². The molecule has 0 spiro atoms. The van der Waals surface area contributed by atoms with Crippen LogP contribution >= 0.6 is 12.2 Å². The van der Waals surface area contributed by atoms with E-state index in [2.05, 4.69) is 0 Å². The Morgan fingerprint density at radius 3 is 2.05 bits per heavy atom. The summed E-state index contributed by atoms with van der Waals surface area (Å²) in [7, 11) is 0. The first kappa shape index (κ1) is 14.3. The molecule has 1 fully saturated rings. The third-order valence-electron chi connectivity index (χ3n) is 3.39. The molecule has 2 aromatic rings. The van der Waals surface area contributed by atoms with Gasteiger partial charge in [0.05, 0.1) is 11.4 Å². The van der Waals surface area contributed by atoms with E-state index in [0.717, 1.165) is 5.56 Å². The number of thiocarbonyl (C=S) groups is 1. The Kier molecular flexibility index (Phi) is 3.46. The predicted octanol–water partition coefficient (Wildman–Crippen LogP) is 3.89. The molecular weight excluding hydrogens is 301 g/mol. The second-order valence-corrected chi connectivity index (χ2v) is 5.31. The van der Waals surface area contributed by atoms with Crippen molar-refractivity contribution in [1.82, 2.24) is 0 Å². The normalized spacial score (nSPS) is 14.9. The Morgan fingerprint density at radius 2 is 1.45 bits per heavy atom. The lowest BCUT2D eigenvalue weighted by Crippen LogP contribution is -2.33. The molecule has 0 aromatic heterocycles. The highest BCUT2D eigenvalue weighted by atomic mass is 32.1. The van der Waals surface area contributed by atoms with Gasteiger partial charge in [0.15, 0.2) is 10.8 Å². The Hall–Kier alpha value is -2.60. The van der Waals surface area contributed by atoms with Crippen molar-refractivity contribution >= 4 is 40.4 Å². The molecule has 1 saturated heterocycles. The molecule has 1 heterocycles. The minimum Gasteiger partial charge on any atom is -0.281 e. The van der Waals surface area contributed by atoms with Gasteiger partial charge in [-0.25, -0.2) is 19.0 Å². The van der Waals surface area contributed by atoms with E-state index in [-0.39, 0.29) is 10.8 Å². The zero-order chi connectivity index (χ0) is 15.9. The quantitative estimate of drug-likeness (QED) is 0.855. The van der Waals surface area contributed by atoms with Gasteiger partial charge in [-0.3, -0.25) is 5.41 Å². The fourth-order valence-corrected chi connectivity index (χ4v) is 2.51. The molecular formula is C16H12FN3OS. The zero-order valence-electron chi connectivity index (χ0n) is 11.7. The van der Waals surface area contributed by atoms with E-state index >= 15 is 0 Å². The van der Waals surface area contributed by atoms with Gasteiger partial charge in [0, 0.05) is 0 Å². The van der Waals surface area contributed by atoms with Crippen molar-refractivity contribution in [3.05, 3.63) is 59.9 Å². The SMILES string of the molecule is Cc1ccc(N2C(=N)C(=S)N(c3ccc(F)cc3)C2=O)cc1. The monoisotopic (exact) mass is 313 g/mol. The Labute approximate surface area is 132 Å². The van der Waals surface area contributed by atoms with Crippen molar-refractivity contribution in [2.24, 2.45) is 0 Å². The van der Waals surface area contributed by atoms with Crippen molar-refractivity contribution in [3.8, 4) is 0 Å². The van der Waals surface area contributed by atoms with E-state index in [9.17, 15) is 9.18 Å². The minimum atomic E-state index is -0.439. The van der Waals surface area contributed by atoms with Gasteiger partial charge in [0.1, 0.15) is 5.82 Å². The van der Waals surface area contributed by atoms with Crippen LogP contribution in [0.5, 0.6) is 0 Å². The fraction of sp³-hybridized carbons (Fsp3) is 0.0625. The summed E-state index contributed by atoms with van der Waals surface area (Å²) in [5, 5.41) is 8.10. The van der Waals surface area contributed by atoms with Gasteiger partial charge >= 0.3 is 6.03 Å². The number of carbonyl (C=O) groups excluding carboxylic acids is 1. The van der Waals surface area contributed by atoms with Gasteiger partial charge in [-0.1, -0.05) is 29.9 Å². The lowest BCUT2D eigenvalue weighted by Gasteiger charge is -2.17. The van der Waals surface area contributed by atoms with E-state index in [1.54, 1.807) is 12.1 Å². The Bertz CT molecular complexity index is 705. The third-order valence-corrected chi connectivity index (χ3v) is 3.76. The fourth-order valence-electron chi connectivity index (χ4n) is 2.24. The smallest absolute Gasteiger partial charge is 0.281 e. The first-order chi connectivity index (χ1) is 10.5. The van der Waals surface area contributed by atoms with Crippen LogP contribution in [0.2, 0.25) is 0 Å². The van der Waals surface area contributed by atoms with Crippen LogP contribution in [0.3, 0.4) is 0 Å². The number of benzene rings is 2. The van der Waals surface area contributed by atoms with Crippen LogP contribution in [-0.2, 0) is 0 Å². The first-order valence-electron chi connectivity index (χ1n) is 6.58. The topological polar surface area (TPSA) is 47.4 Å². The van der Waals surface area contributed by atoms with Crippen molar-refractivity contribution in [3.63, 3.8) is 0 Å². The summed E-state index contributed by atoms with van der Waals surface area (Å²) in [6.07, 6.45) is 0. The number of amidine groups is 1. The average Bonchev–Trinajstić information content (AvgIpc) is 2.72. The molecule has 0 atom stereocenters. The average molecular weight is 313 g/mol. The van der Waals surface area contributed by atoms with Crippen LogP contribution in [-0.4, -0.2) is 16.9 Å². The number of halogens is 1. The highest BCUT2D eigenvalue weighted by Gasteiger charge is 2.40. The second-order valence-electron chi connectivity index (χ2n) is 4.92. The number of nitrogens with one attached hydrogen (secondary N) is 1. The molecule has 4 nitrogen and oxygen atoms in total. The van der Waals surface area contributed by atoms with Crippen LogP contribution in [0, 0.1) is 18.2 Å². The molecule has 22 heavy (non-hydrogen) atoms. The number of hydrogen-bond donors (Lipinski definition) is 1. The van der Waals surface area contributed by atoms with Gasteiger partial charge in [0.25, 0.3) is 0 Å². The number of amides is 2. The molecule has 0 unspecified atom stereocenters. The molecule has 2 aromatic carbocycles. The molecule has 0 aliphatic carbocycles. The predicted molar refractivity (Wildman–Crippen MR) is 88.3 cm³/mol. The summed E-state index contributed by atoms with van der Waals surface area (Å²) in [4.78, 5) is 15.2. The lowest BCUT2D eigenvalue weighted by atomic mass is 10.2. The van der Waals surface area contributed by atoms with Gasteiger partial charge < -0.3 is 0 Å². The number of nitrogens with zero attached hydrogens (tertiary/aromatic N) is 2. The first-order valence-corrected chi connectivity index (χ1v) is 6.99. The Morgan fingerprint density at radius 1 is 0.955 bits per heavy atom. The van der Waals surface area contributed by atoms with Crippen molar-refractivity contribution < 1.29 is 9.18 Å². The largest absolute Gasteiger partial charge is 0.340 e. The van der Waals surface area contributed by atoms with Crippen LogP contribution in [0.15, 0.2) is 48.5 Å². The molecule has 2 amide bonds. The molecule has 3 rings (SSSR count). The van der Waals surface area contributed by atoms with Gasteiger partial charge in [-0.2, -0.15) is 0 Å². The van der Waals surface area contributed by atoms with E-state index in [4.69, 9.17) is 17.6 Å². The number of carbonyl (C=O) groups is 1. The molecule has 110 valence electrons. The van der Waals surface area contributed by atoms with Crippen LogP contribution in [0.25, 0.3) is 0 Å². The van der Waals surface area contributed by atoms with Crippen LogP contribution in [0.1, 0.15) is 5.56 Å². The molecule has 0 bridgehead atoms. The van der Waals surface area contributed by atoms with Crippen molar-refractivity contribution in [2.75, 3.05) is 9.80 Å².